The van der Waals surface area contributed by atoms with Gasteiger partial charge in [0.25, 0.3) is 0 Å². The SMILES string of the molecule is Oc1cccc(-c2ccc(-c3ccc(-c4cccc(O)c4O)cn3)nc2)c1O. The number of aromatic hydroxyl groups is 4. The number of benzene rings is 2. The van der Waals surface area contributed by atoms with Crippen LogP contribution in [0.2, 0.25) is 0 Å². The minimum atomic E-state index is -0.189. The molecule has 0 radical (unpaired) electrons. The van der Waals surface area contributed by atoms with Crippen LogP contribution in [-0.2, 0) is 0 Å². The van der Waals surface area contributed by atoms with Gasteiger partial charge in [0.15, 0.2) is 23.0 Å². The first-order valence-corrected chi connectivity index (χ1v) is 8.49. The molecule has 0 fully saturated rings. The van der Waals surface area contributed by atoms with Crippen LogP contribution in [0.15, 0.2) is 73.1 Å². The summed E-state index contributed by atoms with van der Waals surface area (Å²) in [5.74, 6) is -0.751. The second-order valence-corrected chi connectivity index (χ2v) is 6.21. The highest BCUT2D eigenvalue weighted by Gasteiger charge is 2.11. The summed E-state index contributed by atoms with van der Waals surface area (Å²) in [4.78, 5) is 8.77. The molecule has 0 aliphatic carbocycles. The molecular formula is C22H16N2O4. The molecule has 4 rings (SSSR count). The zero-order valence-corrected chi connectivity index (χ0v) is 14.6. The van der Waals surface area contributed by atoms with Crippen LogP contribution < -0.4 is 0 Å². The molecule has 0 saturated carbocycles. The highest BCUT2D eigenvalue weighted by Crippen LogP contribution is 2.37. The quantitative estimate of drug-likeness (QED) is 0.400. The third-order valence-electron chi connectivity index (χ3n) is 4.44. The summed E-state index contributed by atoms with van der Waals surface area (Å²) in [5.41, 5.74) is 3.57. The highest BCUT2D eigenvalue weighted by atomic mass is 16.3. The van der Waals surface area contributed by atoms with Crippen LogP contribution in [-0.4, -0.2) is 30.4 Å². The molecule has 2 heterocycles. The molecule has 0 spiro atoms. The molecule has 0 aliphatic rings. The van der Waals surface area contributed by atoms with Crippen molar-refractivity contribution in [1.29, 1.82) is 0 Å². The van der Waals surface area contributed by atoms with Crippen LogP contribution in [0.25, 0.3) is 33.6 Å². The number of hydrogen-bond donors (Lipinski definition) is 4. The summed E-state index contributed by atoms with van der Waals surface area (Å²) >= 11 is 0. The molecule has 2 aromatic heterocycles. The van der Waals surface area contributed by atoms with Gasteiger partial charge in [-0.1, -0.05) is 36.4 Å². The molecule has 138 valence electrons. The molecule has 0 atom stereocenters. The Labute approximate surface area is 160 Å². The first-order valence-electron chi connectivity index (χ1n) is 8.49. The normalized spacial score (nSPS) is 10.7. The lowest BCUT2D eigenvalue weighted by atomic mass is 10.0. The van der Waals surface area contributed by atoms with Gasteiger partial charge in [0.05, 0.1) is 11.4 Å². The van der Waals surface area contributed by atoms with E-state index in [1.165, 1.54) is 12.1 Å². The van der Waals surface area contributed by atoms with Gasteiger partial charge < -0.3 is 20.4 Å². The number of para-hydroxylation sites is 2. The fourth-order valence-electron chi connectivity index (χ4n) is 2.94. The largest absolute Gasteiger partial charge is 0.504 e. The van der Waals surface area contributed by atoms with E-state index in [-0.39, 0.29) is 23.0 Å². The van der Waals surface area contributed by atoms with Gasteiger partial charge in [-0.25, -0.2) is 0 Å². The van der Waals surface area contributed by atoms with Gasteiger partial charge in [0.2, 0.25) is 0 Å². The fourth-order valence-corrected chi connectivity index (χ4v) is 2.94. The van der Waals surface area contributed by atoms with E-state index in [4.69, 9.17) is 0 Å². The molecule has 0 saturated heterocycles. The average Bonchev–Trinajstić information content (AvgIpc) is 2.72. The van der Waals surface area contributed by atoms with Crippen molar-refractivity contribution in [2.75, 3.05) is 0 Å². The summed E-state index contributed by atoms with van der Waals surface area (Å²) in [6.45, 7) is 0. The number of phenols is 4. The molecule has 6 nitrogen and oxygen atoms in total. The summed E-state index contributed by atoms with van der Waals surface area (Å²) in [5, 5.41) is 39.3. The van der Waals surface area contributed by atoms with Crippen molar-refractivity contribution in [3.63, 3.8) is 0 Å². The van der Waals surface area contributed by atoms with Crippen molar-refractivity contribution < 1.29 is 20.4 Å². The minimum Gasteiger partial charge on any atom is -0.504 e. The summed E-state index contributed by atoms with van der Waals surface area (Å²) in [6, 6.07) is 16.6. The lowest BCUT2D eigenvalue weighted by molar-refractivity contribution is 0.405. The molecule has 4 aromatic rings. The van der Waals surface area contributed by atoms with E-state index in [1.54, 1.807) is 60.9 Å². The predicted molar refractivity (Wildman–Crippen MR) is 105 cm³/mol. The van der Waals surface area contributed by atoms with Gasteiger partial charge >= 0.3 is 0 Å². The standard InChI is InChI=1S/C22H16N2O4/c25-19-5-1-3-15(21(19)27)13-7-9-17(23-11-13)18-10-8-14(12-24-18)16-4-2-6-20(26)22(16)28/h1-12,25-28H. The minimum absolute atomic E-state index is 0.186. The lowest BCUT2D eigenvalue weighted by Crippen LogP contribution is -1.89. The maximum atomic E-state index is 9.99. The number of pyridine rings is 2. The first kappa shape index (κ1) is 17.4. The Bertz CT molecular complexity index is 1050. The third kappa shape index (κ3) is 3.07. The number of nitrogens with zero attached hydrogens (tertiary/aromatic N) is 2. The van der Waals surface area contributed by atoms with E-state index in [9.17, 15) is 20.4 Å². The van der Waals surface area contributed by atoms with Crippen LogP contribution >= 0.6 is 0 Å². The monoisotopic (exact) mass is 372 g/mol. The zero-order chi connectivity index (χ0) is 19.7. The Morgan fingerprint density at radius 1 is 0.500 bits per heavy atom. The van der Waals surface area contributed by atoms with Crippen LogP contribution in [0, 0.1) is 0 Å². The van der Waals surface area contributed by atoms with Crippen LogP contribution in [0.1, 0.15) is 0 Å². The van der Waals surface area contributed by atoms with E-state index in [2.05, 4.69) is 9.97 Å². The maximum absolute atomic E-state index is 9.99. The van der Waals surface area contributed by atoms with Crippen molar-refractivity contribution in [1.82, 2.24) is 9.97 Å². The van der Waals surface area contributed by atoms with Crippen molar-refractivity contribution in [2.24, 2.45) is 0 Å². The van der Waals surface area contributed by atoms with Gasteiger partial charge in [-0.2, -0.15) is 0 Å². The van der Waals surface area contributed by atoms with Crippen LogP contribution in [0.5, 0.6) is 23.0 Å². The highest BCUT2D eigenvalue weighted by molar-refractivity contribution is 5.75. The molecule has 28 heavy (non-hydrogen) atoms. The lowest BCUT2D eigenvalue weighted by Gasteiger charge is -2.08. The van der Waals surface area contributed by atoms with Gasteiger partial charge in [-0.05, 0) is 24.3 Å². The van der Waals surface area contributed by atoms with Crippen molar-refractivity contribution in [3.05, 3.63) is 73.1 Å². The van der Waals surface area contributed by atoms with Crippen molar-refractivity contribution in [3.8, 4) is 56.6 Å². The Balaban J connectivity index is 1.63. The molecule has 0 aliphatic heterocycles. The fraction of sp³-hybridized carbons (Fsp3) is 0. The van der Waals surface area contributed by atoms with Crippen LogP contribution in [0.3, 0.4) is 0 Å². The van der Waals surface area contributed by atoms with E-state index < -0.39 is 0 Å². The Kier molecular flexibility index (Phi) is 4.29. The van der Waals surface area contributed by atoms with E-state index in [0.29, 0.717) is 33.6 Å². The first-order chi connectivity index (χ1) is 13.5. The number of hydrogen-bond acceptors (Lipinski definition) is 6. The number of phenolic OH excluding ortho intramolecular Hbond substituents is 4. The topological polar surface area (TPSA) is 107 Å². The molecule has 6 heteroatoms. The van der Waals surface area contributed by atoms with E-state index in [1.807, 2.05) is 0 Å². The molecule has 0 bridgehead atoms. The Morgan fingerprint density at radius 3 is 1.29 bits per heavy atom. The third-order valence-corrected chi connectivity index (χ3v) is 4.44. The smallest absolute Gasteiger partial charge is 0.165 e. The second kappa shape index (κ2) is 6.92. The predicted octanol–water partition coefficient (Wildman–Crippen LogP) is 4.30. The summed E-state index contributed by atoms with van der Waals surface area (Å²) < 4.78 is 0. The van der Waals surface area contributed by atoms with Crippen molar-refractivity contribution in [2.45, 2.75) is 0 Å². The van der Waals surface area contributed by atoms with Gasteiger partial charge in [-0.15, -0.1) is 0 Å². The summed E-state index contributed by atoms with van der Waals surface area (Å²) in [7, 11) is 0. The van der Waals surface area contributed by atoms with Crippen molar-refractivity contribution >= 4 is 0 Å². The Hall–Kier alpha value is -4.06. The van der Waals surface area contributed by atoms with Gasteiger partial charge in [0, 0.05) is 34.6 Å². The summed E-state index contributed by atoms with van der Waals surface area (Å²) in [6.07, 6.45) is 3.20. The number of rotatable bonds is 3. The Morgan fingerprint density at radius 2 is 0.929 bits per heavy atom. The molecular weight excluding hydrogens is 356 g/mol. The van der Waals surface area contributed by atoms with Crippen LogP contribution in [0.4, 0.5) is 0 Å². The average molecular weight is 372 g/mol. The molecule has 4 N–H and O–H groups in total. The maximum Gasteiger partial charge on any atom is 0.165 e. The molecule has 2 aromatic carbocycles. The van der Waals surface area contributed by atoms with E-state index >= 15 is 0 Å². The van der Waals surface area contributed by atoms with Gasteiger partial charge in [-0.3, -0.25) is 9.97 Å². The molecule has 0 amide bonds. The zero-order valence-electron chi connectivity index (χ0n) is 14.6. The number of aromatic nitrogens is 2. The van der Waals surface area contributed by atoms with Gasteiger partial charge in [0.1, 0.15) is 0 Å². The second-order valence-electron chi connectivity index (χ2n) is 6.21. The molecule has 0 unspecified atom stereocenters. The van der Waals surface area contributed by atoms with E-state index in [0.717, 1.165) is 0 Å².